The molecule has 0 bridgehead atoms. The summed E-state index contributed by atoms with van der Waals surface area (Å²) in [7, 11) is 0. The fraction of sp³-hybridized carbons (Fsp3) is 0.0769. The molecule has 0 saturated carbocycles. The van der Waals surface area contributed by atoms with Crippen LogP contribution in [-0.4, -0.2) is 11.9 Å². The zero-order valence-electron chi connectivity index (χ0n) is 9.88. The van der Waals surface area contributed by atoms with Crippen LogP contribution in [-0.2, 0) is 0 Å². The van der Waals surface area contributed by atoms with E-state index in [1.165, 1.54) is 5.56 Å². The molecule has 0 radical (unpaired) electrons. The molecule has 0 unspecified atom stereocenters. The molecule has 0 fully saturated rings. The third kappa shape index (κ3) is 2.57. The van der Waals surface area contributed by atoms with Crippen molar-refractivity contribution in [2.45, 2.75) is 6.92 Å². The van der Waals surface area contributed by atoms with Crippen LogP contribution in [0.15, 0.2) is 40.7 Å². The van der Waals surface area contributed by atoms with Gasteiger partial charge in [-0.25, -0.2) is 0 Å². The minimum absolute atomic E-state index is 0.224. The van der Waals surface area contributed by atoms with Gasteiger partial charge in [0.1, 0.15) is 0 Å². The van der Waals surface area contributed by atoms with Crippen molar-refractivity contribution < 1.29 is 4.79 Å². The van der Waals surface area contributed by atoms with Crippen LogP contribution in [0.4, 0.5) is 0 Å². The fourth-order valence-electron chi connectivity index (χ4n) is 1.64. The van der Waals surface area contributed by atoms with Crippen LogP contribution in [0.5, 0.6) is 0 Å². The van der Waals surface area contributed by atoms with Crippen molar-refractivity contribution in [1.29, 1.82) is 0 Å². The molecule has 2 aromatic rings. The fourth-order valence-corrected chi connectivity index (χ4v) is 2.57. The minimum atomic E-state index is -0.425. The summed E-state index contributed by atoms with van der Waals surface area (Å²) in [5, 5.41) is 2.02. The molecule has 1 aromatic carbocycles. The first-order valence-electron chi connectivity index (χ1n) is 5.36. The highest BCUT2D eigenvalue weighted by molar-refractivity contribution is 7.13. The number of amides is 1. The predicted octanol–water partition coefficient (Wildman–Crippen LogP) is 2.14. The Labute approximate surface area is 109 Å². The number of nitrogens with two attached hydrogens (primary N) is 2. The van der Waals surface area contributed by atoms with E-state index in [-0.39, 0.29) is 5.96 Å². The molecule has 1 heterocycles. The van der Waals surface area contributed by atoms with Gasteiger partial charge in [0.25, 0.3) is 5.91 Å². The van der Waals surface area contributed by atoms with Crippen molar-refractivity contribution in [2.75, 3.05) is 0 Å². The van der Waals surface area contributed by atoms with Gasteiger partial charge in [0.2, 0.25) is 0 Å². The summed E-state index contributed by atoms with van der Waals surface area (Å²) >= 11 is 1.64. The van der Waals surface area contributed by atoms with E-state index in [0.29, 0.717) is 5.56 Å². The largest absolute Gasteiger partial charge is 0.370 e. The van der Waals surface area contributed by atoms with Gasteiger partial charge in [-0.2, -0.15) is 4.99 Å². The number of hydrogen-bond acceptors (Lipinski definition) is 2. The Morgan fingerprint density at radius 2 is 2.06 bits per heavy atom. The first-order chi connectivity index (χ1) is 8.58. The molecule has 1 aromatic heterocycles. The number of thiophene rings is 1. The molecule has 0 spiro atoms. The van der Waals surface area contributed by atoms with Gasteiger partial charge in [-0.15, -0.1) is 11.3 Å². The van der Waals surface area contributed by atoms with Crippen molar-refractivity contribution in [1.82, 2.24) is 0 Å². The van der Waals surface area contributed by atoms with Gasteiger partial charge in [-0.05, 0) is 41.6 Å². The molecule has 4 nitrogen and oxygen atoms in total. The van der Waals surface area contributed by atoms with Gasteiger partial charge in [-0.1, -0.05) is 12.1 Å². The smallest absolute Gasteiger partial charge is 0.280 e. The molecule has 0 aliphatic carbocycles. The maximum Gasteiger partial charge on any atom is 0.280 e. The molecule has 18 heavy (non-hydrogen) atoms. The topological polar surface area (TPSA) is 81.5 Å². The van der Waals surface area contributed by atoms with E-state index in [1.807, 2.05) is 30.5 Å². The average Bonchev–Trinajstić information content (AvgIpc) is 2.75. The maximum absolute atomic E-state index is 11.7. The molecular weight excluding hydrogens is 246 g/mol. The normalized spacial score (nSPS) is 10.1. The van der Waals surface area contributed by atoms with E-state index in [4.69, 9.17) is 11.5 Å². The standard InChI is InChI=1S/C13H13N3OS/c1-8-5-6-18-11(8)9-3-2-4-10(7-9)12(17)16-13(14)15/h2-7H,1H3,(H4,14,15,16,17). The molecular formula is C13H13N3OS. The van der Waals surface area contributed by atoms with Crippen molar-refractivity contribution in [3.05, 3.63) is 46.8 Å². The van der Waals surface area contributed by atoms with E-state index in [9.17, 15) is 4.79 Å². The second kappa shape index (κ2) is 5.01. The highest BCUT2D eigenvalue weighted by atomic mass is 32.1. The predicted molar refractivity (Wildman–Crippen MR) is 74.6 cm³/mol. The van der Waals surface area contributed by atoms with E-state index >= 15 is 0 Å². The monoisotopic (exact) mass is 259 g/mol. The number of benzene rings is 1. The lowest BCUT2D eigenvalue weighted by atomic mass is 10.1. The lowest BCUT2D eigenvalue weighted by Crippen LogP contribution is -2.24. The summed E-state index contributed by atoms with van der Waals surface area (Å²) in [5.74, 6) is -0.649. The van der Waals surface area contributed by atoms with Gasteiger partial charge in [-0.3, -0.25) is 4.79 Å². The van der Waals surface area contributed by atoms with Crippen LogP contribution < -0.4 is 11.5 Å². The Kier molecular flexibility index (Phi) is 3.43. The number of hydrogen-bond donors (Lipinski definition) is 2. The van der Waals surface area contributed by atoms with Gasteiger partial charge < -0.3 is 11.5 Å². The summed E-state index contributed by atoms with van der Waals surface area (Å²) in [6, 6.07) is 9.33. The van der Waals surface area contributed by atoms with Crippen LogP contribution in [0.1, 0.15) is 15.9 Å². The van der Waals surface area contributed by atoms with Crippen LogP contribution in [0.2, 0.25) is 0 Å². The quantitative estimate of drug-likeness (QED) is 0.640. The zero-order valence-corrected chi connectivity index (χ0v) is 10.7. The van der Waals surface area contributed by atoms with Crippen molar-refractivity contribution >= 4 is 23.2 Å². The number of guanidine groups is 1. The average molecular weight is 259 g/mol. The Balaban J connectivity index is 2.40. The third-order valence-electron chi connectivity index (χ3n) is 2.46. The summed E-state index contributed by atoms with van der Waals surface area (Å²) in [6.07, 6.45) is 0. The molecule has 0 saturated heterocycles. The Hall–Kier alpha value is -2.14. The highest BCUT2D eigenvalue weighted by Gasteiger charge is 2.08. The van der Waals surface area contributed by atoms with E-state index in [0.717, 1.165) is 10.4 Å². The molecule has 0 atom stereocenters. The van der Waals surface area contributed by atoms with Crippen molar-refractivity contribution in [3.63, 3.8) is 0 Å². The number of aryl methyl sites for hydroxylation is 1. The zero-order chi connectivity index (χ0) is 13.1. The number of rotatable bonds is 2. The Morgan fingerprint density at radius 3 is 2.67 bits per heavy atom. The number of carbonyl (C=O) groups is 1. The first kappa shape index (κ1) is 12.3. The minimum Gasteiger partial charge on any atom is -0.370 e. The summed E-state index contributed by atoms with van der Waals surface area (Å²) < 4.78 is 0. The molecule has 4 N–H and O–H groups in total. The summed E-state index contributed by atoms with van der Waals surface area (Å²) in [4.78, 5) is 16.4. The second-order valence-corrected chi connectivity index (χ2v) is 4.77. The van der Waals surface area contributed by atoms with Crippen molar-refractivity contribution in [3.8, 4) is 10.4 Å². The second-order valence-electron chi connectivity index (χ2n) is 3.86. The Bertz CT molecular complexity index is 612. The summed E-state index contributed by atoms with van der Waals surface area (Å²) in [5.41, 5.74) is 13.1. The van der Waals surface area contributed by atoms with Crippen LogP contribution in [0.3, 0.4) is 0 Å². The SMILES string of the molecule is Cc1ccsc1-c1cccc(C(=O)N=C(N)N)c1. The third-order valence-corrected chi connectivity index (χ3v) is 3.53. The lowest BCUT2D eigenvalue weighted by Gasteiger charge is -2.02. The molecule has 92 valence electrons. The van der Waals surface area contributed by atoms with E-state index in [2.05, 4.69) is 4.99 Å². The van der Waals surface area contributed by atoms with Gasteiger partial charge >= 0.3 is 0 Å². The lowest BCUT2D eigenvalue weighted by molar-refractivity contribution is 0.100. The van der Waals surface area contributed by atoms with Crippen molar-refractivity contribution in [2.24, 2.45) is 16.5 Å². The first-order valence-corrected chi connectivity index (χ1v) is 6.24. The number of carbonyl (C=O) groups excluding carboxylic acids is 1. The molecule has 1 amide bonds. The Morgan fingerprint density at radius 1 is 1.28 bits per heavy atom. The van der Waals surface area contributed by atoms with Crippen LogP contribution in [0, 0.1) is 6.92 Å². The van der Waals surface area contributed by atoms with Crippen LogP contribution in [0.25, 0.3) is 10.4 Å². The van der Waals surface area contributed by atoms with Gasteiger partial charge in [0.15, 0.2) is 5.96 Å². The van der Waals surface area contributed by atoms with E-state index in [1.54, 1.807) is 23.5 Å². The van der Waals surface area contributed by atoms with Gasteiger partial charge in [0.05, 0.1) is 0 Å². The van der Waals surface area contributed by atoms with Crippen LogP contribution >= 0.6 is 11.3 Å². The highest BCUT2D eigenvalue weighted by Crippen LogP contribution is 2.29. The molecule has 0 aliphatic heterocycles. The molecule has 5 heteroatoms. The molecule has 2 rings (SSSR count). The van der Waals surface area contributed by atoms with E-state index < -0.39 is 5.91 Å². The number of nitrogens with zero attached hydrogens (tertiary/aromatic N) is 1. The van der Waals surface area contributed by atoms with Gasteiger partial charge in [0, 0.05) is 10.4 Å². The number of aliphatic imine (C=N–C) groups is 1. The summed E-state index contributed by atoms with van der Waals surface area (Å²) in [6.45, 7) is 2.04. The maximum atomic E-state index is 11.7. The molecule has 0 aliphatic rings.